The Morgan fingerprint density at radius 3 is 3.00 bits per heavy atom. The number of nitrogens with zero attached hydrogens (tertiary/aromatic N) is 4. The van der Waals surface area contributed by atoms with E-state index in [9.17, 15) is 0 Å². The molecule has 0 saturated heterocycles. The monoisotopic (exact) mass is 324 g/mol. The summed E-state index contributed by atoms with van der Waals surface area (Å²) < 4.78 is 2.96. The van der Waals surface area contributed by atoms with Crippen molar-refractivity contribution in [1.29, 1.82) is 0 Å². The highest BCUT2D eigenvalue weighted by Crippen LogP contribution is 2.19. The van der Waals surface area contributed by atoms with Gasteiger partial charge in [-0.05, 0) is 28.8 Å². The lowest BCUT2D eigenvalue weighted by molar-refractivity contribution is 0.620. The highest BCUT2D eigenvalue weighted by atomic mass is 79.9. The zero-order valence-electron chi connectivity index (χ0n) is 10.8. The van der Waals surface area contributed by atoms with Gasteiger partial charge in [0.05, 0.1) is 10.8 Å². The molecule has 0 aliphatic carbocycles. The number of nitrogens with one attached hydrogen (secondary N) is 2. The van der Waals surface area contributed by atoms with E-state index in [-0.39, 0.29) is 0 Å². The quantitative estimate of drug-likeness (QED) is 0.765. The number of imidazole rings is 1. The van der Waals surface area contributed by atoms with Crippen LogP contribution in [-0.2, 0) is 6.54 Å². The smallest absolute Gasteiger partial charge is 0.224 e. The molecule has 2 heterocycles. The minimum absolute atomic E-state index is 0.615. The molecule has 0 aromatic carbocycles. The van der Waals surface area contributed by atoms with Crippen LogP contribution in [0.5, 0.6) is 0 Å². The molecule has 102 valence electrons. The fourth-order valence-corrected chi connectivity index (χ4v) is 1.99. The molecule has 0 saturated carbocycles. The molecule has 6 nitrogen and oxygen atoms in total. The molecule has 0 bridgehead atoms. The lowest BCUT2D eigenvalue weighted by atomic mass is 10.3. The Morgan fingerprint density at radius 2 is 2.26 bits per heavy atom. The van der Waals surface area contributed by atoms with Crippen molar-refractivity contribution in [1.82, 2.24) is 19.5 Å². The van der Waals surface area contributed by atoms with E-state index in [0.29, 0.717) is 5.95 Å². The lowest BCUT2D eigenvalue weighted by Gasteiger charge is -2.08. The number of aromatic nitrogens is 4. The summed E-state index contributed by atoms with van der Waals surface area (Å²) >= 11 is 3.43. The van der Waals surface area contributed by atoms with Gasteiger partial charge in [-0.2, -0.15) is 4.98 Å². The van der Waals surface area contributed by atoms with Gasteiger partial charge >= 0.3 is 0 Å². The van der Waals surface area contributed by atoms with Crippen LogP contribution in [0.4, 0.5) is 11.8 Å². The summed E-state index contributed by atoms with van der Waals surface area (Å²) in [6.45, 7) is 1.88. The first-order valence-corrected chi connectivity index (χ1v) is 6.99. The summed E-state index contributed by atoms with van der Waals surface area (Å²) in [5.74, 6) is 1.44. The fraction of sp³-hybridized carbons (Fsp3) is 0.417. The molecule has 0 atom stereocenters. The lowest BCUT2D eigenvalue weighted by Crippen LogP contribution is -2.07. The summed E-state index contributed by atoms with van der Waals surface area (Å²) in [7, 11) is 1.80. The van der Waals surface area contributed by atoms with E-state index in [1.807, 2.05) is 12.5 Å². The van der Waals surface area contributed by atoms with Crippen molar-refractivity contribution in [2.24, 2.45) is 0 Å². The second kappa shape index (κ2) is 7.08. The van der Waals surface area contributed by atoms with Gasteiger partial charge in [0.2, 0.25) is 5.95 Å². The number of unbranched alkanes of at least 4 members (excludes halogenated alkanes) is 1. The van der Waals surface area contributed by atoms with E-state index < -0.39 is 0 Å². The molecule has 0 aliphatic rings. The Labute approximate surface area is 120 Å². The van der Waals surface area contributed by atoms with E-state index in [4.69, 9.17) is 0 Å². The number of hydrogen-bond acceptors (Lipinski definition) is 5. The van der Waals surface area contributed by atoms with Crippen LogP contribution >= 0.6 is 15.9 Å². The molecule has 2 rings (SSSR count). The zero-order chi connectivity index (χ0) is 13.5. The van der Waals surface area contributed by atoms with Crippen molar-refractivity contribution in [2.45, 2.75) is 19.4 Å². The summed E-state index contributed by atoms with van der Waals surface area (Å²) in [6.07, 6.45) is 9.54. The number of rotatable bonds is 7. The van der Waals surface area contributed by atoms with Gasteiger partial charge in [0, 0.05) is 38.7 Å². The van der Waals surface area contributed by atoms with Gasteiger partial charge in [0.1, 0.15) is 5.82 Å². The Kier molecular flexibility index (Phi) is 5.14. The van der Waals surface area contributed by atoms with E-state index in [0.717, 1.165) is 36.2 Å². The van der Waals surface area contributed by atoms with Crippen molar-refractivity contribution in [2.75, 3.05) is 24.2 Å². The van der Waals surface area contributed by atoms with Crippen molar-refractivity contribution < 1.29 is 0 Å². The van der Waals surface area contributed by atoms with Crippen molar-refractivity contribution in [3.05, 3.63) is 29.4 Å². The standard InChI is InChI=1S/C12H17BrN6/c1-14-12-17-8-10(13)11(18-12)16-4-2-3-6-19-7-5-15-9-19/h5,7-9H,2-4,6H2,1H3,(H2,14,16,17,18). The zero-order valence-corrected chi connectivity index (χ0v) is 12.4. The maximum atomic E-state index is 4.34. The second-order valence-electron chi connectivity index (χ2n) is 4.07. The van der Waals surface area contributed by atoms with Crippen LogP contribution in [0.15, 0.2) is 29.4 Å². The van der Waals surface area contributed by atoms with Crippen molar-refractivity contribution in [3.8, 4) is 0 Å². The van der Waals surface area contributed by atoms with Gasteiger partial charge in [-0.3, -0.25) is 0 Å². The predicted octanol–water partition coefficient (Wildman–Crippen LogP) is 2.37. The molecule has 2 N–H and O–H groups in total. The number of anilines is 2. The molecule has 2 aromatic rings. The van der Waals surface area contributed by atoms with Gasteiger partial charge in [0.15, 0.2) is 0 Å². The minimum Gasteiger partial charge on any atom is -0.369 e. The van der Waals surface area contributed by atoms with Gasteiger partial charge in [-0.15, -0.1) is 0 Å². The first kappa shape index (κ1) is 13.8. The summed E-state index contributed by atoms with van der Waals surface area (Å²) in [4.78, 5) is 12.5. The van der Waals surface area contributed by atoms with Crippen LogP contribution in [0, 0.1) is 0 Å². The second-order valence-corrected chi connectivity index (χ2v) is 4.93. The van der Waals surface area contributed by atoms with E-state index in [2.05, 4.69) is 46.1 Å². The van der Waals surface area contributed by atoms with Crippen LogP contribution < -0.4 is 10.6 Å². The molecule has 0 amide bonds. The van der Waals surface area contributed by atoms with Crippen molar-refractivity contribution in [3.63, 3.8) is 0 Å². The molecular weight excluding hydrogens is 308 g/mol. The van der Waals surface area contributed by atoms with Crippen molar-refractivity contribution >= 4 is 27.7 Å². The third kappa shape index (κ3) is 4.20. The molecular formula is C12H17BrN6. The summed E-state index contributed by atoms with van der Waals surface area (Å²) in [6, 6.07) is 0. The van der Waals surface area contributed by atoms with Crippen LogP contribution in [0.2, 0.25) is 0 Å². The highest BCUT2D eigenvalue weighted by molar-refractivity contribution is 9.10. The average Bonchev–Trinajstić information content (AvgIpc) is 2.93. The van der Waals surface area contributed by atoms with Gasteiger partial charge in [-0.25, -0.2) is 9.97 Å². The normalized spacial score (nSPS) is 10.4. The Balaban J connectivity index is 1.73. The average molecular weight is 325 g/mol. The van der Waals surface area contributed by atoms with Crippen LogP contribution in [0.3, 0.4) is 0 Å². The topological polar surface area (TPSA) is 67.7 Å². The predicted molar refractivity (Wildman–Crippen MR) is 79.2 cm³/mol. The van der Waals surface area contributed by atoms with Gasteiger partial charge < -0.3 is 15.2 Å². The van der Waals surface area contributed by atoms with E-state index in [1.165, 1.54) is 0 Å². The Hall–Kier alpha value is -1.63. The van der Waals surface area contributed by atoms with E-state index in [1.54, 1.807) is 19.4 Å². The number of hydrogen-bond donors (Lipinski definition) is 2. The summed E-state index contributed by atoms with van der Waals surface area (Å²) in [5.41, 5.74) is 0. The fourth-order valence-electron chi connectivity index (χ4n) is 1.66. The molecule has 7 heteroatoms. The highest BCUT2D eigenvalue weighted by Gasteiger charge is 2.03. The molecule has 0 radical (unpaired) electrons. The number of aryl methyl sites for hydroxylation is 1. The first-order valence-electron chi connectivity index (χ1n) is 6.19. The number of halogens is 1. The maximum Gasteiger partial charge on any atom is 0.224 e. The van der Waals surface area contributed by atoms with Crippen LogP contribution in [0.25, 0.3) is 0 Å². The van der Waals surface area contributed by atoms with Gasteiger partial charge in [-0.1, -0.05) is 0 Å². The Bertz CT molecular complexity index is 499. The molecule has 0 unspecified atom stereocenters. The largest absolute Gasteiger partial charge is 0.369 e. The minimum atomic E-state index is 0.615. The Morgan fingerprint density at radius 1 is 1.37 bits per heavy atom. The molecule has 19 heavy (non-hydrogen) atoms. The molecule has 0 fully saturated rings. The van der Waals surface area contributed by atoms with E-state index >= 15 is 0 Å². The first-order chi connectivity index (χ1) is 9.29. The SMILES string of the molecule is CNc1ncc(Br)c(NCCCCn2ccnc2)n1. The summed E-state index contributed by atoms with van der Waals surface area (Å²) in [5, 5.41) is 6.23. The molecule has 0 aliphatic heterocycles. The maximum absolute atomic E-state index is 4.34. The van der Waals surface area contributed by atoms with Crippen LogP contribution in [-0.4, -0.2) is 33.1 Å². The van der Waals surface area contributed by atoms with Crippen LogP contribution in [0.1, 0.15) is 12.8 Å². The molecule has 2 aromatic heterocycles. The third-order valence-electron chi connectivity index (χ3n) is 2.66. The third-order valence-corrected chi connectivity index (χ3v) is 3.24. The molecule has 0 spiro atoms. The van der Waals surface area contributed by atoms with Gasteiger partial charge in [0.25, 0.3) is 0 Å².